The Kier molecular flexibility index (Phi) is 5.82. The van der Waals surface area contributed by atoms with Crippen LogP contribution in [0.2, 0.25) is 0 Å². The van der Waals surface area contributed by atoms with Crippen molar-refractivity contribution in [2.24, 2.45) is 0 Å². The topological polar surface area (TPSA) is 86.2 Å². The van der Waals surface area contributed by atoms with Crippen molar-refractivity contribution in [2.75, 3.05) is 24.8 Å². The van der Waals surface area contributed by atoms with Gasteiger partial charge in [0.15, 0.2) is 5.16 Å². The molecule has 0 aromatic carbocycles. The van der Waals surface area contributed by atoms with Crippen LogP contribution >= 0.6 is 11.8 Å². The molecule has 0 bridgehead atoms. The highest BCUT2D eigenvalue weighted by atomic mass is 32.2. The first kappa shape index (κ1) is 16.8. The van der Waals surface area contributed by atoms with Crippen molar-refractivity contribution < 1.29 is 14.3 Å². The van der Waals surface area contributed by atoms with Crippen LogP contribution in [0.1, 0.15) is 39.5 Å². The zero-order valence-electron chi connectivity index (χ0n) is 13.2. The fraction of sp³-hybridized carbons (Fsp3) is 0.714. The van der Waals surface area contributed by atoms with Crippen molar-refractivity contribution in [2.45, 2.75) is 50.2 Å². The molecular weight excluding hydrogens is 304 g/mol. The Morgan fingerprint density at radius 2 is 2.00 bits per heavy atom. The maximum absolute atomic E-state index is 12.3. The van der Waals surface area contributed by atoms with Gasteiger partial charge in [-0.2, -0.15) is 15.0 Å². The van der Waals surface area contributed by atoms with Crippen LogP contribution in [0.25, 0.3) is 0 Å². The van der Waals surface area contributed by atoms with E-state index in [0.29, 0.717) is 17.7 Å². The lowest BCUT2D eigenvalue weighted by Crippen LogP contribution is -2.45. The molecule has 0 radical (unpaired) electrons. The molecule has 1 aliphatic carbocycles. The summed E-state index contributed by atoms with van der Waals surface area (Å²) >= 11 is 1.50. The van der Waals surface area contributed by atoms with Crippen LogP contribution in [-0.2, 0) is 9.53 Å². The van der Waals surface area contributed by atoms with Gasteiger partial charge < -0.3 is 14.8 Å². The van der Waals surface area contributed by atoms with E-state index in [4.69, 9.17) is 9.47 Å². The van der Waals surface area contributed by atoms with Crippen molar-refractivity contribution in [3.8, 4) is 6.01 Å². The summed E-state index contributed by atoms with van der Waals surface area (Å²) in [5.41, 5.74) is -0.740. The molecule has 0 spiro atoms. The van der Waals surface area contributed by atoms with E-state index in [1.54, 1.807) is 0 Å². The second-order valence-corrected chi connectivity index (χ2v) is 6.23. The van der Waals surface area contributed by atoms with E-state index < -0.39 is 5.54 Å². The lowest BCUT2D eigenvalue weighted by atomic mass is 9.98. The zero-order valence-corrected chi connectivity index (χ0v) is 14.0. The van der Waals surface area contributed by atoms with Gasteiger partial charge in [-0.1, -0.05) is 31.5 Å². The number of thioether (sulfide) groups is 1. The number of carbonyl (C=O) groups excluding carboxylic acids is 1. The fourth-order valence-electron chi connectivity index (χ4n) is 2.52. The molecule has 7 nitrogen and oxygen atoms in total. The Balaban J connectivity index is 2.26. The third-order valence-corrected chi connectivity index (χ3v) is 4.25. The molecule has 22 heavy (non-hydrogen) atoms. The van der Waals surface area contributed by atoms with Crippen LogP contribution in [0.15, 0.2) is 5.16 Å². The highest BCUT2D eigenvalue weighted by Crippen LogP contribution is 2.34. The minimum absolute atomic E-state index is 0.239. The van der Waals surface area contributed by atoms with Gasteiger partial charge in [-0.05, 0) is 25.5 Å². The fourth-order valence-corrected chi connectivity index (χ4v) is 3.07. The van der Waals surface area contributed by atoms with Gasteiger partial charge in [-0.3, -0.25) is 0 Å². The summed E-state index contributed by atoms with van der Waals surface area (Å²) in [4.78, 5) is 25.1. The molecule has 0 aliphatic heterocycles. The number of hydrogen-bond donors (Lipinski definition) is 1. The molecule has 1 aromatic heterocycles. The number of methoxy groups -OCH3 is 1. The standard InChI is InChI=1S/C14H22N4O3S/c1-4-21-10(19)14(8-6-7-9-14)18-11-15-12(20-3)17-13(16-11)22-5-2/h4-9H2,1-3H3,(H,15,16,17,18). The van der Waals surface area contributed by atoms with Crippen molar-refractivity contribution in [3.63, 3.8) is 0 Å². The monoisotopic (exact) mass is 326 g/mol. The van der Waals surface area contributed by atoms with Crippen molar-refractivity contribution in [1.82, 2.24) is 15.0 Å². The van der Waals surface area contributed by atoms with Crippen molar-refractivity contribution in [1.29, 1.82) is 0 Å². The van der Waals surface area contributed by atoms with Gasteiger partial charge in [0.2, 0.25) is 5.95 Å². The lowest BCUT2D eigenvalue weighted by Gasteiger charge is -2.27. The smallest absolute Gasteiger partial charge is 0.331 e. The molecule has 1 N–H and O–H groups in total. The van der Waals surface area contributed by atoms with Gasteiger partial charge in [-0.15, -0.1) is 0 Å². The van der Waals surface area contributed by atoms with Gasteiger partial charge in [0.25, 0.3) is 0 Å². The Morgan fingerprint density at radius 3 is 2.59 bits per heavy atom. The van der Waals surface area contributed by atoms with E-state index in [0.717, 1.165) is 31.4 Å². The molecule has 0 saturated heterocycles. The quantitative estimate of drug-likeness (QED) is 0.603. The average Bonchev–Trinajstić information content (AvgIpc) is 2.97. The molecular formula is C14H22N4O3S. The van der Waals surface area contributed by atoms with Gasteiger partial charge in [-0.25, -0.2) is 4.79 Å². The maximum Gasteiger partial charge on any atom is 0.331 e. The van der Waals surface area contributed by atoms with Crippen LogP contribution in [0.4, 0.5) is 5.95 Å². The molecule has 8 heteroatoms. The molecule has 1 aliphatic rings. The minimum Gasteiger partial charge on any atom is -0.467 e. The molecule has 2 rings (SSSR count). The van der Waals surface area contributed by atoms with E-state index in [-0.39, 0.29) is 12.0 Å². The number of nitrogens with one attached hydrogen (secondary N) is 1. The second-order valence-electron chi connectivity index (χ2n) is 5.00. The van der Waals surface area contributed by atoms with Crippen LogP contribution in [0.3, 0.4) is 0 Å². The number of ether oxygens (including phenoxy) is 2. The minimum atomic E-state index is -0.740. The molecule has 1 saturated carbocycles. The number of aromatic nitrogens is 3. The Bertz CT molecular complexity index is 521. The summed E-state index contributed by atoms with van der Waals surface area (Å²) < 4.78 is 10.3. The zero-order chi connectivity index (χ0) is 16.0. The first-order valence-electron chi connectivity index (χ1n) is 7.52. The molecule has 1 heterocycles. The number of anilines is 1. The van der Waals surface area contributed by atoms with Crippen LogP contribution in [0.5, 0.6) is 6.01 Å². The molecule has 1 aromatic rings. The second kappa shape index (κ2) is 7.62. The van der Waals surface area contributed by atoms with E-state index in [1.165, 1.54) is 18.9 Å². The lowest BCUT2D eigenvalue weighted by molar-refractivity contribution is -0.148. The van der Waals surface area contributed by atoms with Gasteiger partial charge in [0, 0.05) is 0 Å². The normalized spacial score (nSPS) is 16.3. The van der Waals surface area contributed by atoms with Gasteiger partial charge in [0.1, 0.15) is 5.54 Å². The summed E-state index contributed by atoms with van der Waals surface area (Å²) in [6.45, 7) is 4.19. The van der Waals surface area contributed by atoms with Crippen LogP contribution in [0, 0.1) is 0 Å². The molecule has 0 unspecified atom stereocenters. The summed E-state index contributed by atoms with van der Waals surface area (Å²) in [5.74, 6) is 0.963. The summed E-state index contributed by atoms with van der Waals surface area (Å²) in [7, 11) is 1.51. The third kappa shape index (κ3) is 3.79. The number of esters is 1. The Labute approximate surface area is 134 Å². The molecule has 1 fully saturated rings. The third-order valence-electron chi connectivity index (χ3n) is 3.52. The van der Waals surface area contributed by atoms with E-state index >= 15 is 0 Å². The number of carbonyl (C=O) groups is 1. The highest BCUT2D eigenvalue weighted by Gasteiger charge is 2.43. The first-order valence-corrected chi connectivity index (χ1v) is 8.50. The van der Waals surface area contributed by atoms with E-state index in [2.05, 4.69) is 20.3 Å². The van der Waals surface area contributed by atoms with E-state index in [9.17, 15) is 4.79 Å². The summed E-state index contributed by atoms with van der Waals surface area (Å²) in [6.07, 6.45) is 3.39. The predicted molar refractivity (Wildman–Crippen MR) is 84.2 cm³/mol. The summed E-state index contributed by atoms with van der Waals surface area (Å²) in [5, 5.41) is 3.76. The number of nitrogens with zero attached hydrogens (tertiary/aromatic N) is 3. The van der Waals surface area contributed by atoms with Gasteiger partial charge >= 0.3 is 12.0 Å². The van der Waals surface area contributed by atoms with Crippen molar-refractivity contribution in [3.05, 3.63) is 0 Å². The average molecular weight is 326 g/mol. The SMILES string of the molecule is CCOC(=O)C1(Nc2nc(OC)nc(SCC)n2)CCCC1. The molecule has 0 atom stereocenters. The summed E-state index contributed by atoms with van der Waals surface area (Å²) in [6, 6.07) is 0.241. The van der Waals surface area contributed by atoms with Crippen LogP contribution < -0.4 is 10.1 Å². The number of rotatable bonds is 7. The van der Waals surface area contributed by atoms with Gasteiger partial charge in [0.05, 0.1) is 13.7 Å². The predicted octanol–water partition coefficient (Wildman–Crippen LogP) is 2.28. The largest absolute Gasteiger partial charge is 0.467 e. The molecule has 0 amide bonds. The van der Waals surface area contributed by atoms with E-state index in [1.807, 2.05) is 13.8 Å². The number of hydrogen-bond acceptors (Lipinski definition) is 8. The molecule has 122 valence electrons. The van der Waals surface area contributed by atoms with Crippen molar-refractivity contribution >= 4 is 23.7 Å². The first-order chi connectivity index (χ1) is 10.6. The van der Waals surface area contributed by atoms with Crippen LogP contribution in [-0.4, -0.2) is 45.9 Å². The Morgan fingerprint density at radius 1 is 1.27 bits per heavy atom. The highest BCUT2D eigenvalue weighted by molar-refractivity contribution is 7.99. The maximum atomic E-state index is 12.3. The Hall–Kier alpha value is -1.57.